The van der Waals surface area contributed by atoms with Crippen LogP contribution in [0.2, 0.25) is 0 Å². The molecule has 0 aliphatic carbocycles. The highest BCUT2D eigenvalue weighted by Gasteiger charge is 1.98. The first-order valence-electron chi connectivity index (χ1n) is 3.99. The molecular weight excluding hydrogens is 183 g/mol. The minimum atomic E-state index is -0.676. The Labute approximate surface area is 81.7 Å². The Kier molecular flexibility index (Phi) is 3.24. The van der Waals surface area contributed by atoms with Crippen molar-refractivity contribution in [2.45, 2.75) is 6.92 Å². The Bertz CT molecular complexity index is 413. The lowest BCUT2D eigenvalue weighted by atomic mass is 10.1. The molecule has 0 aliphatic heterocycles. The number of halogens is 1. The highest BCUT2D eigenvalue weighted by molar-refractivity contribution is 5.89. The van der Waals surface area contributed by atoms with E-state index in [2.05, 4.69) is 16.6 Å². The van der Waals surface area contributed by atoms with Gasteiger partial charge in [0.25, 0.3) is 0 Å². The molecule has 0 amide bonds. The van der Waals surface area contributed by atoms with Crippen molar-refractivity contribution in [2.24, 2.45) is 0 Å². The van der Waals surface area contributed by atoms with Crippen molar-refractivity contribution in [1.29, 1.82) is 0 Å². The summed E-state index contributed by atoms with van der Waals surface area (Å²) in [5.74, 6) is 3.44. The summed E-state index contributed by atoms with van der Waals surface area (Å²) in [6.45, 7) is 1.78. The zero-order valence-corrected chi connectivity index (χ0v) is 7.93. The summed E-state index contributed by atoms with van der Waals surface area (Å²) >= 11 is 0. The van der Waals surface area contributed by atoms with Gasteiger partial charge in [-0.2, -0.15) is 0 Å². The number of carbonyl (C=O) groups is 1. The molecule has 0 aromatic heterocycles. The number of rotatable bonds is 0. The van der Waals surface area contributed by atoms with Crippen LogP contribution in [0.1, 0.15) is 11.1 Å². The SMILES string of the molecule is COC(=O)C#Cc1ccc(C)cc1F. The van der Waals surface area contributed by atoms with Gasteiger partial charge in [-0.1, -0.05) is 12.0 Å². The molecule has 0 aliphatic rings. The van der Waals surface area contributed by atoms with Crippen LogP contribution in [0, 0.1) is 24.6 Å². The number of hydrogen-bond acceptors (Lipinski definition) is 2. The van der Waals surface area contributed by atoms with E-state index < -0.39 is 11.8 Å². The Morgan fingerprint density at radius 3 is 2.79 bits per heavy atom. The van der Waals surface area contributed by atoms with Crippen molar-refractivity contribution in [1.82, 2.24) is 0 Å². The molecule has 0 spiro atoms. The molecular formula is C11H9FO2. The molecule has 72 valence electrons. The first-order valence-corrected chi connectivity index (χ1v) is 3.99. The molecule has 0 radical (unpaired) electrons. The molecule has 1 aromatic rings. The molecule has 1 rings (SSSR count). The van der Waals surface area contributed by atoms with Gasteiger partial charge in [0.05, 0.1) is 12.7 Å². The van der Waals surface area contributed by atoms with Gasteiger partial charge in [0.2, 0.25) is 0 Å². The molecule has 0 atom stereocenters. The topological polar surface area (TPSA) is 26.3 Å². The molecule has 2 nitrogen and oxygen atoms in total. The van der Waals surface area contributed by atoms with Gasteiger partial charge >= 0.3 is 5.97 Å². The van der Waals surface area contributed by atoms with E-state index >= 15 is 0 Å². The summed E-state index contributed by atoms with van der Waals surface area (Å²) in [7, 11) is 1.22. The van der Waals surface area contributed by atoms with Crippen LogP contribution in [0.25, 0.3) is 0 Å². The van der Waals surface area contributed by atoms with E-state index in [0.717, 1.165) is 5.56 Å². The number of benzene rings is 1. The Hall–Kier alpha value is -1.82. The number of methoxy groups -OCH3 is 1. The molecule has 0 saturated heterocycles. The quantitative estimate of drug-likeness (QED) is 0.461. The van der Waals surface area contributed by atoms with Crippen molar-refractivity contribution in [3.63, 3.8) is 0 Å². The van der Waals surface area contributed by atoms with Crippen LogP contribution in [-0.4, -0.2) is 13.1 Å². The number of esters is 1. The van der Waals surface area contributed by atoms with Crippen LogP contribution < -0.4 is 0 Å². The summed E-state index contributed by atoms with van der Waals surface area (Å²) in [5, 5.41) is 0. The lowest BCUT2D eigenvalue weighted by Gasteiger charge is -1.95. The molecule has 0 N–H and O–H groups in total. The van der Waals surface area contributed by atoms with Crippen molar-refractivity contribution in [2.75, 3.05) is 7.11 Å². The smallest absolute Gasteiger partial charge is 0.384 e. The van der Waals surface area contributed by atoms with Crippen molar-refractivity contribution in [3.05, 3.63) is 35.1 Å². The standard InChI is InChI=1S/C11H9FO2/c1-8-3-4-9(10(12)7-8)5-6-11(13)14-2/h3-4,7H,1-2H3. The molecule has 14 heavy (non-hydrogen) atoms. The summed E-state index contributed by atoms with van der Waals surface area (Å²) in [4.78, 5) is 10.6. The second-order valence-corrected chi connectivity index (χ2v) is 2.72. The molecule has 3 heteroatoms. The fourth-order valence-electron chi connectivity index (χ4n) is 0.891. The highest BCUT2D eigenvalue weighted by atomic mass is 19.1. The third-order valence-electron chi connectivity index (χ3n) is 1.61. The number of ether oxygens (including phenoxy) is 1. The van der Waals surface area contributed by atoms with Crippen LogP contribution in [0.15, 0.2) is 18.2 Å². The second-order valence-electron chi connectivity index (χ2n) is 2.72. The minimum absolute atomic E-state index is 0.195. The van der Waals surface area contributed by atoms with Crippen LogP contribution in [0.5, 0.6) is 0 Å². The van der Waals surface area contributed by atoms with E-state index in [9.17, 15) is 9.18 Å². The average Bonchev–Trinajstić information content (AvgIpc) is 2.16. The molecule has 0 heterocycles. The fraction of sp³-hybridized carbons (Fsp3) is 0.182. The predicted octanol–water partition coefficient (Wildman–Crippen LogP) is 1.66. The Morgan fingerprint density at radius 1 is 1.50 bits per heavy atom. The molecule has 1 aromatic carbocycles. The third-order valence-corrected chi connectivity index (χ3v) is 1.61. The second kappa shape index (κ2) is 4.43. The molecule has 0 unspecified atom stereocenters. The van der Waals surface area contributed by atoms with Gasteiger partial charge in [-0.3, -0.25) is 0 Å². The van der Waals surface area contributed by atoms with Crippen LogP contribution in [0.4, 0.5) is 4.39 Å². The van der Waals surface area contributed by atoms with Crippen LogP contribution in [0.3, 0.4) is 0 Å². The molecule has 0 fully saturated rings. The Morgan fingerprint density at radius 2 is 2.21 bits per heavy atom. The van der Waals surface area contributed by atoms with Gasteiger partial charge in [0, 0.05) is 5.92 Å². The maximum Gasteiger partial charge on any atom is 0.384 e. The van der Waals surface area contributed by atoms with Crippen molar-refractivity contribution >= 4 is 5.97 Å². The van der Waals surface area contributed by atoms with Gasteiger partial charge in [-0.05, 0) is 24.6 Å². The summed E-state index contributed by atoms with van der Waals surface area (Å²) < 4.78 is 17.5. The van der Waals surface area contributed by atoms with E-state index in [4.69, 9.17) is 0 Å². The highest BCUT2D eigenvalue weighted by Crippen LogP contribution is 2.07. The lowest BCUT2D eigenvalue weighted by Crippen LogP contribution is -1.95. The van der Waals surface area contributed by atoms with Gasteiger partial charge in [-0.25, -0.2) is 9.18 Å². The van der Waals surface area contributed by atoms with E-state index in [1.165, 1.54) is 19.2 Å². The van der Waals surface area contributed by atoms with Crippen LogP contribution in [-0.2, 0) is 9.53 Å². The van der Waals surface area contributed by atoms with Gasteiger partial charge < -0.3 is 4.74 Å². The van der Waals surface area contributed by atoms with Gasteiger partial charge in [0.15, 0.2) is 0 Å². The summed E-state index contributed by atoms with van der Waals surface area (Å²) in [5.41, 5.74) is 1.01. The first kappa shape index (κ1) is 10.3. The first-order chi connectivity index (χ1) is 6.63. The maximum absolute atomic E-state index is 13.2. The Balaban J connectivity index is 2.96. The number of hydrogen-bond donors (Lipinski definition) is 0. The van der Waals surface area contributed by atoms with Gasteiger partial charge in [-0.15, -0.1) is 0 Å². The van der Waals surface area contributed by atoms with E-state index in [1.807, 2.05) is 0 Å². The number of carbonyl (C=O) groups excluding carboxylic acids is 1. The van der Waals surface area contributed by atoms with Crippen LogP contribution >= 0.6 is 0 Å². The predicted molar refractivity (Wildman–Crippen MR) is 50.0 cm³/mol. The largest absolute Gasteiger partial charge is 0.459 e. The zero-order valence-electron chi connectivity index (χ0n) is 7.93. The van der Waals surface area contributed by atoms with E-state index in [1.54, 1.807) is 13.0 Å². The maximum atomic E-state index is 13.2. The normalized spacial score (nSPS) is 8.79. The molecule has 0 bridgehead atoms. The number of aryl methyl sites for hydroxylation is 1. The average molecular weight is 192 g/mol. The summed E-state index contributed by atoms with van der Waals surface area (Å²) in [6.07, 6.45) is 0. The minimum Gasteiger partial charge on any atom is -0.459 e. The van der Waals surface area contributed by atoms with Gasteiger partial charge in [0.1, 0.15) is 5.82 Å². The van der Waals surface area contributed by atoms with E-state index in [0.29, 0.717) is 0 Å². The van der Waals surface area contributed by atoms with Crippen molar-refractivity contribution in [3.8, 4) is 11.8 Å². The fourth-order valence-corrected chi connectivity index (χ4v) is 0.891. The monoisotopic (exact) mass is 192 g/mol. The molecule has 0 saturated carbocycles. The third kappa shape index (κ3) is 2.60. The van der Waals surface area contributed by atoms with Crippen molar-refractivity contribution < 1.29 is 13.9 Å². The van der Waals surface area contributed by atoms with E-state index in [-0.39, 0.29) is 5.56 Å². The summed E-state index contributed by atoms with van der Waals surface area (Å²) in [6, 6.07) is 4.62. The lowest BCUT2D eigenvalue weighted by molar-refractivity contribution is -0.133. The zero-order chi connectivity index (χ0) is 10.6.